The van der Waals surface area contributed by atoms with Gasteiger partial charge in [0.1, 0.15) is 0 Å². The van der Waals surface area contributed by atoms with Crippen LogP contribution in [0.2, 0.25) is 0 Å². The minimum atomic E-state index is -0.132. The first-order valence-electron chi connectivity index (χ1n) is 15.6. The number of hydrogen-bond donors (Lipinski definition) is 3. The number of amides is 1. The summed E-state index contributed by atoms with van der Waals surface area (Å²) in [6.45, 7) is 8.47. The van der Waals surface area contributed by atoms with Crippen LogP contribution in [0, 0.1) is 0 Å². The molecule has 3 N–H and O–H groups in total. The second-order valence-electron chi connectivity index (χ2n) is 11.4. The van der Waals surface area contributed by atoms with Crippen LogP contribution in [0.25, 0.3) is 0 Å². The Morgan fingerprint density at radius 2 is 1.31 bits per heavy atom. The highest BCUT2D eigenvalue weighted by atomic mass is 16.3. The zero-order valence-electron chi connectivity index (χ0n) is 24.4. The number of aliphatic hydroxyl groups excluding tert-OH is 1. The van der Waals surface area contributed by atoms with E-state index in [9.17, 15) is 9.90 Å². The van der Waals surface area contributed by atoms with Gasteiger partial charge in [0, 0.05) is 19.0 Å². The van der Waals surface area contributed by atoms with Crippen LogP contribution >= 0.6 is 0 Å². The molecule has 1 aliphatic heterocycles. The van der Waals surface area contributed by atoms with Crippen molar-refractivity contribution in [2.45, 2.75) is 135 Å². The highest BCUT2D eigenvalue weighted by Crippen LogP contribution is 2.15. The highest BCUT2D eigenvalue weighted by molar-refractivity contribution is 5.76. The molecular formula is C30H62N4O2. The maximum atomic E-state index is 12.5. The summed E-state index contributed by atoms with van der Waals surface area (Å²) < 4.78 is 0. The SMILES string of the molecule is CCCCCCCCC[C@H](O)CCCCC[C@@H]1CC(=O)NCCCN(C)CCCCN(C)CCCN1. The van der Waals surface area contributed by atoms with Crippen LogP contribution in [0.15, 0.2) is 0 Å². The van der Waals surface area contributed by atoms with Gasteiger partial charge in [-0.2, -0.15) is 0 Å². The van der Waals surface area contributed by atoms with E-state index in [-0.39, 0.29) is 18.1 Å². The molecule has 0 aromatic rings. The molecule has 36 heavy (non-hydrogen) atoms. The molecule has 0 aromatic carbocycles. The van der Waals surface area contributed by atoms with Gasteiger partial charge in [0.25, 0.3) is 0 Å². The van der Waals surface area contributed by atoms with Crippen molar-refractivity contribution in [3.63, 3.8) is 0 Å². The molecule has 0 unspecified atom stereocenters. The third-order valence-corrected chi connectivity index (χ3v) is 7.68. The van der Waals surface area contributed by atoms with Gasteiger partial charge in [-0.25, -0.2) is 0 Å². The van der Waals surface area contributed by atoms with Crippen LogP contribution < -0.4 is 10.6 Å². The Labute approximate surface area is 224 Å². The smallest absolute Gasteiger partial charge is 0.221 e. The first-order chi connectivity index (χ1) is 17.5. The fourth-order valence-electron chi connectivity index (χ4n) is 5.22. The summed E-state index contributed by atoms with van der Waals surface area (Å²) >= 11 is 0. The third-order valence-electron chi connectivity index (χ3n) is 7.68. The Morgan fingerprint density at radius 1 is 0.778 bits per heavy atom. The highest BCUT2D eigenvalue weighted by Gasteiger charge is 2.14. The number of nitrogens with zero attached hydrogens (tertiary/aromatic N) is 2. The van der Waals surface area contributed by atoms with E-state index in [0.29, 0.717) is 6.42 Å². The van der Waals surface area contributed by atoms with Gasteiger partial charge >= 0.3 is 0 Å². The van der Waals surface area contributed by atoms with Gasteiger partial charge in [-0.3, -0.25) is 4.79 Å². The van der Waals surface area contributed by atoms with E-state index in [0.717, 1.165) is 84.1 Å². The molecule has 0 bridgehead atoms. The number of carbonyl (C=O) groups is 1. The predicted molar refractivity (Wildman–Crippen MR) is 155 cm³/mol. The lowest BCUT2D eigenvalue weighted by molar-refractivity contribution is -0.121. The second kappa shape index (κ2) is 23.4. The molecule has 6 nitrogen and oxygen atoms in total. The largest absolute Gasteiger partial charge is 0.393 e. The molecule has 0 radical (unpaired) electrons. The zero-order valence-corrected chi connectivity index (χ0v) is 24.4. The normalized spacial score (nSPS) is 21.7. The summed E-state index contributed by atoms with van der Waals surface area (Å²) in [5, 5.41) is 17.1. The molecule has 0 spiro atoms. The molecule has 1 rings (SSSR count). The molecular weight excluding hydrogens is 448 g/mol. The maximum absolute atomic E-state index is 12.5. The predicted octanol–water partition coefficient (Wildman–Crippen LogP) is 5.34. The molecule has 1 amide bonds. The van der Waals surface area contributed by atoms with Crippen molar-refractivity contribution < 1.29 is 9.90 Å². The van der Waals surface area contributed by atoms with Gasteiger partial charge in [0.15, 0.2) is 0 Å². The summed E-state index contributed by atoms with van der Waals surface area (Å²) in [6, 6.07) is 0.256. The summed E-state index contributed by atoms with van der Waals surface area (Å²) in [4.78, 5) is 17.4. The van der Waals surface area contributed by atoms with Gasteiger partial charge in [0.2, 0.25) is 5.91 Å². The Hall–Kier alpha value is -0.690. The van der Waals surface area contributed by atoms with Crippen molar-refractivity contribution >= 4 is 5.91 Å². The van der Waals surface area contributed by atoms with Crippen LogP contribution in [0.5, 0.6) is 0 Å². The lowest BCUT2D eigenvalue weighted by Crippen LogP contribution is -2.37. The number of nitrogens with one attached hydrogen (secondary N) is 2. The summed E-state index contributed by atoms with van der Waals surface area (Å²) in [7, 11) is 4.42. The molecule has 1 aliphatic rings. The van der Waals surface area contributed by atoms with Crippen molar-refractivity contribution in [3.05, 3.63) is 0 Å². The lowest BCUT2D eigenvalue weighted by Gasteiger charge is -2.20. The van der Waals surface area contributed by atoms with Crippen LogP contribution in [0.1, 0.15) is 122 Å². The average Bonchev–Trinajstić information content (AvgIpc) is 2.85. The Kier molecular flexibility index (Phi) is 21.7. The average molecular weight is 511 g/mol. The molecule has 0 saturated carbocycles. The Morgan fingerprint density at radius 3 is 1.94 bits per heavy atom. The molecule has 6 heteroatoms. The van der Waals surface area contributed by atoms with Crippen LogP contribution in [-0.4, -0.2) is 86.3 Å². The lowest BCUT2D eigenvalue weighted by atomic mass is 10.0. The third kappa shape index (κ3) is 20.4. The quantitative estimate of drug-likeness (QED) is 0.275. The van der Waals surface area contributed by atoms with Crippen molar-refractivity contribution in [1.29, 1.82) is 0 Å². The summed E-state index contributed by atoms with van der Waals surface area (Å²) in [6.07, 6.45) is 20.5. The molecule has 0 aliphatic carbocycles. The van der Waals surface area contributed by atoms with Gasteiger partial charge in [0.05, 0.1) is 6.10 Å². The van der Waals surface area contributed by atoms with Crippen LogP contribution in [0.4, 0.5) is 0 Å². The standard InChI is InChI=1S/C30H62N4O2/c1-4-5-6-7-8-9-12-19-29(35)20-13-10-11-18-28-27-30(36)32-22-17-26-34(3)24-15-14-23-33(2)25-16-21-31-28/h28-29,31,35H,4-27H2,1-3H3,(H,32,36)/t28-,29+/m1/s1. The van der Waals surface area contributed by atoms with E-state index < -0.39 is 0 Å². The van der Waals surface area contributed by atoms with Gasteiger partial charge < -0.3 is 25.5 Å². The van der Waals surface area contributed by atoms with Crippen molar-refractivity contribution in [2.75, 3.05) is 53.4 Å². The minimum absolute atomic E-state index is 0.132. The van der Waals surface area contributed by atoms with E-state index in [1.54, 1.807) is 0 Å². The van der Waals surface area contributed by atoms with Crippen molar-refractivity contribution in [3.8, 4) is 0 Å². The Balaban J connectivity index is 2.26. The van der Waals surface area contributed by atoms with Crippen LogP contribution in [-0.2, 0) is 4.79 Å². The van der Waals surface area contributed by atoms with E-state index in [2.05, 4.69) is 41.5 Å². The molecule has 1 fully saturated rings. The molecule has 0 aromatic heterocycles. The number of aliphatic hydroxyl groups is 1. The summed E-state index contributed by atoms with van der Waals surface area (Å²) in [5.74, 6) is 0.182. The van der Waals surface area contributed by atoms with Crippen molar-refractivity contribution in [2.24, 2.45) is 0 Å². The topological polar surface area (TPSA) is 67.8 Å². The van der Waals surface area contributed by atoms with E-state index in [1.807, 2.05) is 0 Å². The van der Waals surface area contributed by atoms with Crippen LogP contribution in [0.3, 0.4) is 0 Å². The maximum Gasteiger partial charge on any atom is 0.221 e. The number of unbranched alkanes of at least 4 members (excludes halogenated alkanes) is 8. The molecule has 214 valence electrons. The molecule has 1 saturated heterocycles. The van der Waals surface area contributed by atoms with Crippen molar-refractivity contribution in [1.82, 2.24) is 20.4 Å². The van der Waals surface area contributed by atoms with E-state index in [4.69, 9.17) is 0 Å². The zero-order chi connectivity index (χ0) is 26.3. The number of rotatable bonds is 14. The monoisotopic (exact) mass is 510 g/mol. The fraction of sp³-hybridized carbons (Fsp3) is 0.967. The Bertz CT molecular complexity index is 505. The van der Waals surface area contributed by atoms with Gasteiger partial charge in [-0.1, -0.05) is 71.1 Å². The number of hydrogen-bond acceptors (Lipinski definition) is 5. The van der Waals surface area contributed by atoms with Gasteiger partial charge in [-0.05, 0) is 91.8 Å². The second-order valence-corrected chi connectivity index (χ2v) is 11.4. The van der Waals surface area contributed by atoms with E-state index in [1.165, 1.54) is 64.3 Å². The molecule has 2 atom stereocenters. The van der Waals surface area contributed by atoms with E-state index >= 15 is 0 Å². The summed E-state index contributed by atoms with van der Waals surface area (Å²) in [5.41, 5.74) is 0. The fourth-order valence-corrected chi connectivity index (χ4v) is 5.22. The number of carbonyl (C=O) groups excluding carboxylic acids is 1. The minimum Gasteiger partial charge on any atom is -0.393 e. The molecule has 1 heterocycles. The van der Waals surface area contributed by atoms with Gasteiger partial charge in [-0.15, -0.1) is 0 Å². The first-order valence-corrected chi connectivity index (χ1v) is 15.6. The first kappa shape index (κ1) is 33.3.